The highest BCUT2D eigenvalue weighted by atomic mass is 16.5. The fraction of sp³-hybridized carbons (Fsp3) is 1.00. The van der Waals surface area contributed by atoms with Crippen molar-refractivity contribution in [3.8, 4) is 0 Å². The third-order valence-electron chi connectivity index (χ3n) is 4.48. The first-order chi connectivity index (χ1) is 7.88. The summed E-state index contributed by atoms with van der Waals surface area (Å²) in [4.78, 5) is 0. The maximum Gasteiger partial charge on any atom is 0.0773 e. The summed E-state index contributed by atoms with van der Waals surface area (Å²) in [6.07, 6.45) is 4.39. The summed E-state index contributed by atoms with van der Waals surface area (Å²) in [7, 11) is 0. The van der Waals surface area contributed by atoms with E-state index < -0.39 is 0 Å². The Bertz CT molecular complexity index is 225. The second-order valence-electron chi connectivity index (χ2n) is 6.56. The van der Waals surface area contributed by atoms with Crippen LogP contribution < -0.4 is 0 Å². The molecule has 0 saturated heterocycles. The minimum absolute atomic E-state index is 0.248. The Balaban J connectivity index is 2.52. The monoisotopic (exact) mass is 242 g/mol. The lowest BCUT2D eigenvalue weighted by Gasteiger charge is -2.45. The summed E-state index contributed by atoms with van der Waals surface area (Å²) < 4.78 is 6.05. The molecule has 0 spiro atoms. The number of aliphatic hydroxyl groups is 1. The molecule has 0 amide bonds. The molecule has 17 heavy (non-hydrogen) atoms. The van der Waals surface area contributed by atoms with E-state index in [0.717, 1.165) is 18.8 Å². The molecule has 0 bridgehead atoms. The van der Waals surface area contributed by atoms with Gasteiger partial charge in [0.2, 0.25) is 0 Å². The molecule has 0 heterocycles. The summed E-state index contributed by atoms with van der Waals surface area (Å²) in [5.74, 6) is 1.32. The Labute approximate surface area is 107 Å². The molecule has 1 rings (SSSR count). The van der Waals surface area contributed by atoms with Crippen LogP contribution in [0.1, 0.15) is 60.3 Å². The molecule has 1 fully saturated rings. The van der Waals surface area contributed by atoms with Gasteiger partial charge in [0, 0.05) is 0 Å². The van der Waals surface area contributed by atoms with Crippen molar-refractivity contribution in [2.75, 3.05) is 6.61 Å². The van der Waals surface area contributed by atoms with Crippen LogP contribution in [-0.2, 0) is 4.74 Å². The molecule has 1 N–H and O–H groups in total. The second kappa shape index (κ2) is 6.19. The maximum atomic E-state index is 9.78. The number of ether oxygens (including phenoxy) is 1. The number of aliphatic hydroxyl groups excluding tert-OH is 1. The first-order valence-corrected chi connectivity index (χ1v) is 7.18. The second-order valence-corrected chi connectivity index (χ2v) is 6.56. The van der Waals surface area contributed by atoms with Gasteiger partial charge in [0.15, 0.2) is 0 Å². The van der Waals surface area contributed by atoms with E-state index in [-0.39, 0.29) is 17.6 Å². The first kappa shape index (κ1) is 15.0. The van der Waals surface area contributed by atoms with Crippen molar-refractivity contribution in [2.45, 2.75) is 72.5 Å². The molecule has 0 aromatic rings. The Kier molecular flexibility index (Phi) is 5.46. The molecular weight excluding hydrogens is 212 g/mol. The Morgan fingerprint density at radius 1 is 1.35 bits per heavy atom. The Hall–Kier alpha value is -0.0800. The molecule has 102 valence electrons. The standard InChI is InChI=1S/C15H30O2/c1-6-7-13(16)10-17-14-12(3)11(2)8-9-15(14,4)5/h11-14,16H,6-10H2,1-5H3. The number of hydrogen-bond donors (Lipinski definition) is 1. The molecule has 2 nitrogen and oxygen atoms in total. The zero-order chi connectivity index (χ0) is 13.1. The summed E-state index contributed by atoms with van der Waals surface area (Å²) in [6, 6.07) is 0. The van der Waals surface area contributed by atoms with E-state index in [4.69, 9.17) is 4.74 Å². The van der Waals surface area contributed by atoms with Gasteiger partial charge in [-0.25, -0.2) is 0 Å². The molecule has 4 unspecified atom stereocenters. The molecule has 4 atom stereocenters. The lowest BCUT2D eigenvalue weighted by atomic mass is 9.66. The molecule has 0 aromatic carbocycles. The van der Waals surface area contributed by atoms with E-state index >= 15 is 0 Å². The van der Waals surface area contributed by atoms with Crippen LogP contribution in [0.2, 0.25) is 0 Å². The lowest BCUT2D eigenvalue weighted by Crippen LogP contribution is -2.45. The largest absolute Gasteiger partial charge is 0.391 e. The number of rotatable bonds is 5. The van der Waals surface area contributed by atoms with E-state index in [0.29, 0.717) is 12.5 Å². The molecular formula is C15H30O2. The molecule has 1 saturated carbocycles. The van der Waals surface area contributed by atoms with Crippen molar-refractivity contribution in [2.24, 2.45) is 17.3 Å². The highest BCUT2D eigenvalue weighted by Gasteiger charge is 2.41. The third kappa shape index (κ3) is 3.96. The summed E-state index contributed by atoms with van der Waals surface area (Å²) in [6.45, 7) is 11.8. The topological polar surface area (TPSA) is 29.5 Å². The van der Waals surface area contributed by atoms with Gasteiger partial charge in [-0.2, -0.15) is 0 Å². The van der Waals surface area contributed by atoms with Crippen molar-refractivity contribution in [3.63, 3.8) is 0 Å². The van der Waals surface area contributed by atoms with Gasteiger partial charge in [0.05, 0.1) is 18.8 Å². The van der Waals surface area contributed by atoms with Crippen LogP contribution in [0.5, 0.6) is 0 Å². The van der Waals surface area contributed by atoms with E-state index in [2.05, 4.69) is 34.6 Å². The highest BCUT2D eigenvalue weighted by Crippen LogP contribution is 2.43. The quantitative estimate of drug-likeness (QED) is 0.798. The van der Waals surface area contributed by atoms with Crippen LogP contribution in [0.3, 0.4) is 0 Å². The summed E-state index contributed by atoms with van der Waals surface area (Å²) in [5, 5.41) is 9.78. The van der Waals surface area contributed by atoms with E-state index in [1.54, 1.807) is 0 Å². The van der Waals surface area contributed by atoms with Gasteiger partial charge in [0.1, 0.15) is 0 Å². The van der Waals surface area contributed by atoms with Gasteiger partial charge >= 0.3 is 0 Å². The zero-order valence-electron chi connectivity index (χ0n) is 12.2. The molecule has 2 heteroatoms. The normalized spacial score (nSPS) is 34.6. The van der Waals surface area contributed by atoms with Crippen LogP contribution in [0.25, 0.3) is 0 Å². The van der Waals surface area contributed by atoms with Crippen LogP contribution in [-0.4, -0.2) is 23.9 Å². The van der Waals surface area contributed by atoms with Crippen molar-refractivity contribution in [3.05, 3.63) is 0 Å². The van der Waals surface area contributed by atoms with E-state index in [1.807, 2.05) is 0 Å². The zero-order valence-corrected chi connectivity index (χ0v) is 12.2. The predicted octanol–water partition coefficient (Wildman–Crippen LogP) is 3.62. The SMILES string of the molecule is CCCC(O)COC1C(C)C(C)CCC1(C)C. The van der Waals surface area contributed by atoms with Crippen molar-refractivity contribution in [1.29, 1.82) is 0 Å². The molecule has 0 aliphatic heterocycles. The smallest absolute Gasteiger partial charge is 0.0773 e. The van der Waals surface area contributed by atoms with Gasteiger partial charge in [-0.1, -0.05) is 41.0 Å². The van der Waals surface area contributed by atoms with Gasteiger partial charge in [-0.15, -0.1) is 0 Å². The van der Waals surface area contributed by atoms with E-state index in [1.165, 1.54) is 12.8 Å². The first-order valence-electron chi connectivity index (χ1n) is 7.18. The molecule has 1 aliphatic carbocycles. The van der Waals surface area contributed by atoms with Crippen LogP contribution in [0, 0.1) is 17.3 Å². The summed E-state index contributed by atoms with van der Waals surface area (Å²) >= 11 is 0. The summed E-state index contributed by atoms with van der Waals surface area (Å²) in [5.41, 5.74) is 0.248. The molecule has 1 aliphatic rings. The van der Waals surface area contributed by atoms with Crippen LogP contribution in [0.15, 0.2) is 0 Å². The molecule has 0 radical (unpaired) electrons. The van der Waals surface area contributed by atoms with Crippen LogP contribution >= 0.6 is 0 Å². The van der Waals surface area contributed by atoms with Gasteiger partial charge in [-0.05, 0) is 36.5 Å². The Morgan fingerprint density at radius 2 is 2.00 bits per heavy atom. The van der Waals surface area contributed by atoms with Gasteiger partial charge < -0.3 is 9.84 Å². The average Bonchev–Trinajstić information content (AvgIpc) is 2.24. The third-order valence-corrected chi connectivity index (χ3v) is 4.48. The fourth-order valence-electron chi connectivity index (χ4n) is 3.02. The van der Waals surface area contributed by atoms with Crippen molar-refractivity contribution in [1.82, 2.24) is 0 Å². The molecule has 0 aromatic heterocycles. The fourth-order valence-corrected chi connectivity index (χ4v) is 3.02. The highest BCUT2D eigenvalue weighted by molar-refractivity contribution is 4.90. The minimum atomic E-state index is -0.291. The lowest BCUT2D eigenvalue weighted by molar-refractivity contribution is -0.118. The predicted molar refractivity (Wildman–Crippen MR) is 72.0 cm³/mol. The number of hydrogen-bond acceptors (Lipinski definition) is 2. The average molecular weight is 242 g/mol. The van der Waals surface area contributed by atoms with Gasteiger partial charge in [-0.3, -0.25) is 0 Å². The van der Waals surface area contributed by atoms with Crippen molar-refractivity contribution < 1.29 is 9.84 Å². The Morgan fingerprint density at radius 3 is 2.59 bits per heavy atom. The van der Waals surface area contributed by atoms with Crippen LogP contribution in [0.4, 0.5) is 0 Å². The van der Waals surface area contributed by atoms with Crippen molar-refractivity contribution >= 4 is 0 Å². The maximum absolute atomic E-state index is 9.78. The van der Waals surface area contributed by atoms with E-state index in [9.17, 15) is 5.11 Å². The minimum Gasteiger partial charge on any atom is -0.391 e. The van der Waals surface area contributed by atoms with Gasteiger partial charge in [0.25, 0.3) is 0 Å².